The molecule has 93 valence electrons. The highest BCUT2D eigenvalue weighted by Gasteiger charge is 2.06. The predicted molar refractivity (Wildman–Crippen MR) is 84.1 cm³/mol. The third-order valence-electron chi connectivity index (χ3n) is 3.28. The van der Waals surface area contributed by atoms with E-state index >= 15 is 0 Å². The third-order valence-corrected chi connectivity index (χ3v) is 3.28. The lowest BCUT2D eigenvalue weighted by Gasteiger charge is -2.08. The minimum absolute atomic E-state index is 0.802. The summed E-state index contributed by atoms with van der Waals surface area (Å²) in [6, 6.07) is 27.7. The molecule has 0 nitrogen and oxygen atoms in total. The molecule has 0 amide bonds. The molecular formula is C20H13. The Bertz CT molecular complexity index is 747. The average Bonchev–Trinajstić information content (AvgIpc) is 2.56. The summed E-state index contributed by atoms with van der Waals surface area (Å²) in [5.74, 6) is 2.72. The molecule has 1 radical (unpaired) electrons. The molecule has 0 atom stereocenters. The van der Waals surface area contributed by atoms with E-state index in [1.54, 1.807) is 0 Å². The van der Waals surface area contributed by atoms with Gasteiger partial charge in [-0.25, -0.2) is 0 Å². The molecule has 0 heteroatoms. The lowest BCUT2D eigenvalue weighted by molar-refractivity contribution is 1.55. The first kappa shape index (κ1) is 12.3. The zero-order chi connectivity index (χ0) is 13.8. The van der Waals surface area contributed by atoms with Crippen molar-refractivity contribution in [1.29, 1.82) is 0 Å². The van der Waals surface area contributed by atoms with Gasteiger partial charge in [-0.1, -0.05) is 66.6 Å². The lowest BCUT2D eigenvalue weighted by atomic mass is 9.95. The fraction of sp³-hybridized carbons (Fsp3) is 0. The van der Waals surface area contributed by atoms with Gasteiger partial charge in [0.25, 0.3) is 0 Å². The maximum atomic E-state index is 5.60. The van der Waals surface area contributed by atoms with E-state index in [0.29, 0.717) is 0 Å². The van der Waals surface area contributed by atoms with Crippen LogP contribution in [0.15, 0.2) is 72.8 Å². The molecule has 0 aliphatic rings. The van der Waals surface area contributed by atoms with E-state index < -0.39 is 0 Å². The van der Waals surface area contributed by atoms with E-state index in [2.05, 4.69) is 42.3 Å². The van der Waals surface area contributed by atoms with Crippen LogP contribution in [-0.2, 0) is 0 Å². The van der Waals surface area contributed by atoms with Crippen LogP contribution in [0.5, 0.6) is 0 Å². The quantitative estimate of drug-likeness (QED) is 0.575. The molecule has 20 heavy (non-hydrogen) atoms. The summed E-state index contributed by atoms with van der Waals surface area (Å²) in [6.07, 6.45) is 5.60. The summed E-state index contributed by atoms with van der Waals surface area (Å²) in [5.41, 5.74) is 5.27. The van der Waals surface area contributed by atoms with Gasteiger partial charge in [0.15, 0.2) is 0 Å². The highest BCUT2D eigenvalue weighted by Crippen LogP contribution is 2.28. The molecule has 0 saturated heterocycles. The Morgan fingerprint density at radius 3 is 1.95 bits per heavy atom. The topological polar surface area (TPSA) is 0 Å². The van der Waals surface area contributed by atoms with Crippen molar-refractivity contribution in [3.63, 3.8) is 0 Å². The third kappa shape index (κ3) is 2.35. The van der Waals surface area contributed by atoms with Crippen molar-refractivity contribution in [2.75, 3.05) is 0 Å². The van der Waals surface area contributed by atoms with Gasteiger partial charge in [-0.2, -0.15) is 0 Å². The van der Waals surface area contributed by atoms with Gasteiger partial charge in [-0.3, -0.25) is 0 Å². The molecule has 0 N–H and O–H groups in total. The summed E-state index contributed by atoms with van der Waals surface area (Å²) in [6.45, 7) is 0. The van der Waals surface area contributed by atoms with Crippen molar-refractivity contribution >= 4 is 0 Å². The molecule has 0 aliphatic carbocycles. The van der Waals surface area contributed by atoms with Crippen molar-refractivity contribution in [2.24, 2.45) is 0 Å². The Morgan fingerprint density at radius 1 is 0.750 bits per heavy atom. The summed E-state index contributed by atoms with van der Waals surface area (Å²) in [7, 11) is 0. The van der Waals surface area contributed by atoms with E-state index in [0.717, 1.165) is 22.3 Å². The largest absolute Gasteiger partial charge is 0.115 e. The molecule has 0 unspecified atom stereocenters. The van der Waals surface area contributed by atoms with Gasteiger partial charge in [0.2, 0.25) is 0 Å². The molecule has 0 fully saturated rings. The van der Waals surface area contributed by atoms with Gasteiger partial charge in [-0.15, -0.1) is 6.42 Å². The standard InChI is InChI=1S/C20H13/c1-2-16-13-14-19(17-9-5-3-6-10-17)15-20(16)18-11-7-4-8-12-18/h1,3-12,14-15H. The van der Waals surface area contributed by atoms with Gasteiger partial charge in [-0.05, 0) is 40.5 Å². The fourth-order valence-corrected chi connectivity index (χ4v) is 2.26. The summed E-state index contributed by atoms with van der Waals surface area (Å²) >= 11 is 0. The monoisotopic (exact) mass is 253 g/mol. The maximum absolute atomic E-state index is 5.60. The summed E-state index contributed by atoms with van der Waals surface area (Å²) in [5, 5.41) is 0. The highest BCUT2D eigenvalue weighted by molar-refractivity contribution is 5.77. The average molecular weight is 253 g/mol. The Labute approximate surface area is 119 Å². The van der Waals surface area contributed by atoms with Crippen LogP contribution in [0.3, 0.4) is 0 Å². The maximum Gasteiger partial charge on any atom is 0.0400 e. The van der Waals surface area contributed by atoms with E-state index in [1.807, 2.05) is 42.5 Å². The predicted octanol–water partition coefficient (Wildman–Crippen LogP) is 4.80. The van der Waals surface area contributed by atoms with Crippen molar-refractivity contribution in [3.05, 3.63) is 84.4 Å². The lowest BCUT2D eigenvalue weighted by Crippen LogP contribution is -1.87. The molecule has 0 aromatic heterocycles. The molecule has 0 aliphatic heterocycles. The molecule has 3 aromatic rings. The van der Waals surface area contributed by atoms with Crippen LogP contribution in [0.25, 0.3) is 22.3 Å². The Kier molecular flexibility index (Phi) is 3.35. The highest BCUT2D eigenvalue weighted by atomic mass is 14.1. The molecule has 0 spiro atoms. The normalized spacial score (nSPS) is 9.95. The first-order valence-electron chi connectivity index (χ1n) is 6.51. The Morgan fingerprint density at radius 2 is 1.35 bits per heavy atom. The van der Waals surface area contributed by atoms with Crippen LogP contribution in [-0.4, -0.2) is 0 Å². The van der Waals surface area contributed by atoms with E-state index in [-0.39, 0.29) is 0 Å². The van der Waals surface area contributed by atoms with Crippen molar-refractivity contribution < 1.29 is 0 Å². The number of rotatable bonds is 2. The van der Waals surface area contributed by atoms with Crippen LogP contribution in [0.1, 0.15) is 5.56 Å². The number of benzene rings is 3. The Hall–Kier alpha value is -2.78. The minimum atomic E-state index is 0.802. The van der Waals surface area contributed by atoms with E-state index in [9.17, 15) is 0 Å². The van der Waals surface area contributed by atoms with Crippen LogP contribution >= 0.6 is 0 Å². The van der Waals surface area contributed by atoms with Crippen LogP contribution < -0.4 is 0 Å². The fourth-order valence-electron chi connectivity index (χ4n) is 2.26. The molecule has 3 rings (SSSR count). The van der Waals surface area contributed by atoms with Gasteiger partial charge in [0, 0.05) is 5.56 Å². The van der Waals surface area contributed by atoms with Crippen LogP contribution in [0.2, 0.25) is 0 Å². The zero-order valence-corrected chi connectivity index (χ0v) is 11.0. The minimum Gasteiger partial charge on any atom is -0.115 e. The van der Waals surface area contributed by atoms with Crippen LogP contribution in [0.4, 0.5) is 0 Å². The number of terminal acetylenes is 1. The molecule has 0 bridgehead atoms. The molecule has 3 aromatic carbocycles. The first-order valence-corrected chi connectivity index (χ1v) is 6.51. The van der Waals surface area contributed by atoms with Gasteiger partial charge >= 0.3 is 0 Å². The molecular weight excluding hydrogens is 240 g/mol. The number of hydrogen-bond acceptors (Lipinski definition) is 0. The second-order valence-corrected chi connectivity index (χ2v) is 4.55. The zero-order valence-electron chi connectivity index (χ0n) is 11.0. The van der Waals surface area contributed by atoms with Gasteiger partial charge in [0.1, 0.15) is 0 Å². The number of hydrogen-bond donors (Lipinski definition) is 0. The SMILES string of the molecule is C#Cc1[c]cc(-c2ccccc2)cc1-c1ccccc1. The smallest absolute Gasteiger partial charge is 0.0400 e. The van der Waals surface area contributed by atoms with E-state index in [1.165, 1.54) is 5.56 Å². The Balaban J connectivity index is 2.16. The second-order valence-electron chi connectivity index (χ2n) is 4.55. The first-order chi connectivity index (χ1) is 9.88. The molecule has 0 heterocycles. The second kappa shape index (κ2) is 5.47. The van der Waals surface area contributed by atoms with Crippen LogP contribution in [0, 0.1) is 18.4 Å². The molecule has 0 saturated carbocycles. The van der Waals surface area contributed by atoms with Gasteiger partial charge in [0.05, 0.1) is 0 Å². The summed E-state index contributed by atoms with van der Waals surface area (Å²) in [4.78, 5) is 0. The van der Waals surface area contributed by atoms with Crippen molar-refractivity contribution in [1.82, 2.24) is 0 Å². The van der Waals surface area contributed by atoms with E-state index in [4.69, 9.17) is 6.42 Å². The van der Waals surface area contributed by atoms with Crippen molar-refractivity contribution in [3.8, 4) is 34.6 Å². The van der Waals surface area contributed by atoms with Gasteiger partial charge < -0.3 is 0 Å². The van der Waals surface area contributed by atoms with Crippen molar-refractivity contribution in [2.45, 2.75) is 0 Å². The summed E-state index contributed by atoms with van der Waals surface area (Å²) < 4.78 is 0.